The number of benzene rings is 1. The van der Waals surface area contributed by atoms with Gasteiger partial charge in [0.15, 0.2) is 0 Å². The highest BCUT2D eigenvalue weighted by Gasteiger charge is 2.36. The maximum atomic E-state index is 12.6. The number of carbonyl (C=O) groups excluding carboxylic acids is 1. The van der Waals surface area contributed by atoms with Crippen LogP contribution in [0.1, 0.15) is 38.2 Å². The molecule has 0 aromatic heterocycles. The van der Waals surface area contributed by atoms with Gasteiger partial charge < -0.3 is 10.1 Å². The predicted molar refractivity (Wildman–Crippen MR) is 97.5 cm³/mol. The molecule has 0 saturated carbocycles. The van der Waals surface area contributed by atoms with Gasteiger partial charge in [0.25, 0.3) is 0 Å². The lowest BCUT2D eigenvalue weighted by Crippen LogP contribution is -2.29. The van der Waals surface area contributed by atoms with Gasteiger partial charge in [-0.3, -0.25) is 0 Å². The van der Waals surface area contributed by atoms with Gasteiger partial charge in [0.1, 0.15) is 0 Å². The summed E-state index contributed by atoms with van der Waals surface area (Å²) >= 11 is 10.8. The molecular weight excluding hydrogens is 344 g/mol. The first-order valence-electron chi connectivity index (χ1n) is 7.79. The van der Waals surface area contributed by atoms with Crippen LogP contribution in [-0.2, 0) is 9.53 Å². The monoisotopic (exact) mass is 362 g/mol. The highest BCUT2D eigenvalue weighted by atomic mass is 35.5. The number of dihydropyridines is 1. The number of hydrogen-bond acceptors (Lipinski definition) is 5. The van der Waals surface area contributed by atoms with E-state index >= 15 is 0 Å². The molecule has 0 radical (unpaired) electrons. The first kappa shape index (κ1) is 18.4. The minimum atomic E-state index is -0.585. The highest BCUT2D eigenvalue weighted by Crippen LogP contribution is 2.42. The molecule has 1 heterocycles. The summed E-state index contributed by atoms with van der Waals surface area (Å²) in [6.07, 6.45) is 1.49. The van der Waals surface area contributed by atoms with E-state index in [2.05, 4.69) is 24.0 Å². The van der Waals surface area contributed by atoms with Gasteiger partial charge >= 0.3 is 5.97 Å². The zero-order valence-electron chi connectivity index (χ0n) is 13.6. The van der Waals surface area contributed by atoms with Crippen LogP contribution in [0.25, 0.3) is 0 Å². The van der Waals surface area contributed by atoms with Crippen LogP contribution in [0, 0.1) is 11.3 Å². The lowest BCUT2D eigenvalue weighted by Gasteiger charge is -2.29. The maximum Gasteiger partial charge on any atom is 0.336 e. The number of hydrogen-bond donors (Lipinski definition) is 2. The number of rotatable bonds is 5. The third-order valence-electron chi connectivity index (χ3n) is 3.76. The van der Waals surface area contributed by atoms with E-state index in [0.717, 1.165) is 12.1 Å². The molecule has 1 atom stereocenters. The summed E-state index contributed by atoms with van der Waals surface area (Å²) in [6.45, 7) is 4.03. The molecule has 1 aromatic carbocycles. The van der Waals surface area contributed by atoms with Crippen molar-refractivity contribution in [1.29, 1.82) is 5.26 Å². The second-order valence-corrected chi connectivity index (χ2v) is 6.17. The zero-order chi connectivity index (χ0) is 17.7. The van der Waals surface area contributed by atoms with Crippen molar-refractivity contribution in [2.75, 3.05) is 6.61 Å². The molecule has 24 heavy (non-hydrogen) atoms. The molecule has 0 aliphatic carbocycles. The van der Waals surface area contributed by atoms with Gasteiger partial charge in [-0.25, -0.2) is 4.79 Å². The number of esters is 1. The third-order valence-corrected chi connectivity index (χ3v) is 4.46. The Morgan fingerprint density at radius 1 is 1.42 bits per heavy atom. The Balaban J connectivity index is 2.69. The van der Waals surface area contributed by atoms with E-state index in [1.54, 1.807) is 13.0 Å². The number of thiol groups is 1. The summed E-state index contributed by atoms with van der Waals surface area (Å²) < 4.78 is 5.24. The molecule has 0 spiro atoms. The van der Waals surface area contributed by atoms with E-state index in [1.807, 2.05) is 25.1 Å². The average Bonchev–Trinajstić information content (AvgIpc) is 2.55. The molecule has 6 heteroatoms. The van der Waals surface area contributed by atoms with Crippen LogP contribution in [0.3, 0.4) is 0 Å². The summed E-state index contributed by atoms with van der Waals surface area (Å²) in [5.74, 6) is -1.02. The first-order valence-corrected chi connectivity index (χ1v) is 8.62. The Hall–Kier alpha value is -1.90. The van der Waals surface area contributed by atoms with Gasteiger partial charge in [-0.15, -0.1) is 12.6 Å². The topological polar surface area (TPSA) is 62.1 Å². The molecule has 0 amide bonds. The standard InChI is InChI=1S/C18H19ClN2O2S/c1-3-7-14-16(18(22)23-4-2)15(12(10-20)17(24)21-14)11-8-5-6-9-13(11)19/h5-6,8-9,15,21,24H,3-4,7H2,1-2H3. The zero-order valence-corrected chi connectivity index (χ0v) is 15.2. The molecule has 1 aliphatic heterocycles. The molecule has 1 aliphatic rings. The SMILES string of the molecule is CCCC1=C(C(=O)OCC)C(c2ccccc2Cl)C(C#N)=C(S)N1. The molecule has 1 aromatic rings. The van der Waals surface area contributed by atoms with Crippen molar-refractivity contribution in [3.8, 4) is 6.07 Å². The Bertz CT molecular complexity index is 750. The van der Waals surface area contributed by atoms with E-state index in [-0.39, 0.29) is 6.61 Å². The summed E-state index contributed by atoms with van der Waals surface area (Å²) in [6, 6.07) is 9.37. The Morgan fingerprint density at radius 3 is 2.71 bits per heavy atom. The van der Waals surface area contributed by atoms with Crippen LogP contribution in [-0.4, -0.2) is 12.6 Å². The number of nitriles is 1. The van der Waals surface area contributed by atoms with Gasteiger partial charge in [0.05, 0.1) is 34.8 Å². The van der Waals surface area contributed by atoms with Crippen LogP contribution in [0.5, 0.6) is 0 Å². The Labute approximate surface area is 152 Å². The summed E-state index contributed by atoms with van der Waals surface area (Å²) in [5.41, 5.74) is 2.21. The largest absolute Gasteiger partial charge is 0.463 e. The highest BCUT2D eigenvalue weighted by molar-refractivity contribution is 7.84. The van der Waals surface area contributed by atoms with Crippen LogP contribution >= 0.6 is 24.2 Å². The predicted octanol–water partition coefficient (Wildman–Crippen LogP) is 4.31. The fourth-order valence-electron chi connectivity index (χ4n) is 2.77. The molecule has 2 rings (SSSR count). The van der Waals surface area contributed by atoms with Crippen LogP contribution in [0.15, 0.2) is 46.1 Å². The minimum Gasteiger partial charge on any atom is -0.463 e. The number of carbonyl (C=O) groups is 1. The van der Waals surface area contributed by atoms with E-state index in [9.17, 15) is 10.1 Å². The molecule has 4 nitrogen and oxygen atoms in total. The molecule has 0 saturated heterocycles. The smallest absolute Gasteiger partial charge is 0.336 e. The lowest BCUT2D eigenvalue weighted by molar-refractivity contribution is -0.138. The van der Waals surface area contributed by atoms with Gasteiger partial charge in [0.2, 0.25) is 0 Å². The van der Waals surface area contributed by atoms with E-state index in [0.29, 0.717) is 33.2 Å². The van der Waals surface area contributed by atoms with Crippen LogP contribution in [0.2, 0.25) is 5.02 Å². The van der Waals surface area contributed by atoms with Crippen molar-refractivity contribution < 1.29 is 9.53 Å². The lowest BCUT2D eigenvalue weighted by atomic mass is 9.81. The molecule has 1 unspecified atom stereocenters. The molecular formula is C18H19ClN2O2S. The van der Waals surface area contributed by atoms with Crippen LogP contribution < -0.4 is 5.32 Å². The van der Waals surface area contributed by atoms with Gasteiger partial charge in [0, 0.05) is 10.7 Å². The van der Waals surface area contributed by atoms with Crippen molar-refractivity contribution >= 4 is 30.2 Å². The summed E-state index contributed by atoms with van der Waals surface area (Å²) in [7, 11) is 0. The van der Waals surface area contributed by atoms with E-state index < -0.39 is 11.9 Å². The molecule has 126 valence electrons. The van der Waals surface area contributed by atoms with Crippen molar-refractivity contribution in [2.24, 2.45) is 0 Å². The van der Waals surface area contributed by atoms with E-state index in [1.165, 1.54) is 0 Å². The quantitative estimate of drug-likeness (QED) is 0.605. The van der Waals surface area contributed by atoms with Crippen molar-refractivity contribution in [1.82, 2.24) is 5.32 Å². The number of nitrogens with one attached hydrogen (secondary N) is 1. The van der Waals surface area contributed by atoms with Crippen LogP contribution in [0.4, 0.5) is 0 Å². The van der Waals surface area contributed by atoms with E-state index in [4.69, 9.17) is 16.3 Å². The van der Waals surface area contributed by atoms with Crippen molar-refractivity contribution in [3.63, 3.8) is 0 Å². The molecule has 0 bridgehead atoms. The first-order chi connectivity index (χ1) is 11.5. The molecule has 1 N–H and O–H groups in total. The van der Waals surface area contributed by atoms with Gasteiger partial charge in [-0.1, -0.05) is 43.1 Å². The van der Waals surface area contributed by atoms with Gasteiger partial charge in [-0.2, -0.15) is 5.26 Å². The molecule has 0 fully saturated rings. The van der Waals surface area contributed by atoms with Gasteiger partial charge in [-0.05, 0) is 25.0 Å². The number of ether oxygens (including phenoxy) is 1. The van der Waals surface area contributed by atoms with Crippen molar-refractivity contribution in [2.45, 2.75) is 32.6 Å². The third kappa shape index (κ3) is 3.61. The average molecular weight is 363 g/mol. The fraction of sp³-hybridized carbons (Fsp3) is 0.333. The Kier molecular flexibility index (Phi) is 6.36. The minimum absolute atomic E-state index is 0.260. The number of allylic oxidation sites excluding steroid dienone is 2. The summed E-state index contributed by atoms with van der Waals surface area (Å²) in [4.78, 5) is 12.6. The summed E-state index contributed by atoms with van der Waals surface area (Å²) in [5, 5.41) is 13.6. The second kappa shape index (κ2) is 8.27. The second-order valence-electron chi connectivity index (χ2n) is 5.32. The normalized spacial score (nSPS) is 17.4. The number of nitrogens with zero attached hydrogens (tertiary/aromatic N) is 1. The Morgan fingerprint density at radius 2 is 2.12 bits per heavy atom. The fourth-order valence-corrected chi connectivity index (χ4v) is 3.33. The number of halogens is 1. The van der Waals surface area contributed by atoms with Crippen molar-refractivity contribution in [3.05, 3.63) is 56.7 Å². The maximum absolute atomic E-state index is 12.6.